The Morgan fingerprint density at radius 2 is 2.24 bits per heavy atom. The molecule has 1 aliphatic rings. The van der Waals surface area contributed by atoms with E-state index < -0.39 is 5.60 Å². The number of ether oxygens (including phenoxy) is 1. The molecule has 0 aromatic carbocycles. The van der Waals surface area contributed by atoms with Crippen LogP contribution in [0.15, 0.2) is 24.5 Å². The summed E-state index contributed by atoms with van der Waals surface area (Å²) < 4.78 is 5.36. The van der Waals surface area contributed by atoms with Gasteiger partial charge >= 0.3 is 5.97 Å². The van der Waals surface area contributed by atoms with E-state index >= 15 is 0 Å². The number of nitrogens with one attached hydrogen (secondary N) is 1. The molecule has 1 fully saturated rings. The second-order valence-electron chi connectivity index (χ2n) is 6.67. The highest BCUT2D eigenvalue weighted by Crippen LogP contribution is 2.28. The van der Waals surface area contributed by atoms with Crippen LogP contribution in [-0.2, 0) is 9.53 Å². The lowest BCUT2D eigenvalue weighted by Gasteiger charge is -2.40. The summed E-state index contributed by atoms with van der Waals surface area (Å²) in [5.74, 6) is 0.271. The van der Waals surface area contributed by atoms with Crippen molar-refractivity contribution in [1.82, 2.24) is 9.97 Å². The van der Waals surface area contributed by atoms with E-state index in [1.54, 1.807) is 0 Å². The van der Waals surface area contributed by atoms with Gasteiger partial charge in [0.25, 0.3) is 0 Å². The third-order valence-corrected chi connectivity index (χ3v) is 3.58. The molecule has 3 rings (SSSR count). The second kappa shape index (κ2) is 5.06. The maximum atomic E-state index is 11.8. The van der Waals surface area contributed by atoms with Crippen molar-refractivity contribution in [3.8, 4) is 0 Å². The molecule has 0 amide bonds. The first kappa shape index (κ1) is 13.9. The fraction of sp³-hybridized carbons (Fsp3) is 0.500. The number of aromatic nitrogens is 2. The van der Waals surface area contributed by atoms with E-state index in [0.29, 0.717) is 12.3 Å². The molecule has 2 aromatic rings. The van der Waals surface area contributed by atoms with E-state index in [1.165, 1.54) is 0 Å². The molecule has 1 aliphatic heterocycles. The third kappa shape index (κ3) is 3.17. The standard InChI is InChI=1S/C16H21N3O2/c1-16(2,3)21-14(20)6-11-9-19(10-11)13-7-12-4-5-17-15(12)18-8-13/h4-5,7-8,11H,6,9-10H2,1-3H3,(H,17,18). The molecule has 21 heavy (non-hydrogen) atoms. The van der Waals surface area contributed by atoms with Gasteiger partial charge in [0.1, 0.15) is 11.2 Å². The zero-order chi connectivity index (χ0) is 15.0. The molecule has 0 bridgehead atoms. The van der Waals surface area contributed by atoms with Crippen molar-refractivity contribution < 1.29 is 9.53 Å². The zero-order valence-electron chi connectivity index (χ0n) is 12.7. The van der Waals surface area contributed by atoms with Gasteiger partial charge in [-0.2, -0.15) is 0 Å². The molecule has 1 N–H and O–H groups in total. The largest absolute Gasteiger partial charge is 0.460 e. The lowest BCUT2D eigenvalue weighted by atomic mass is 9.95. The summed E-state index contributed by atoms with van der Waals surface area (Å²) in [4.78, 5) is 21.5. The van der Waals surface area contributed by atoms with Crippen LogP contribution in [0.5, 0.6) is 0 Å². The molecular formula is C16H21N3O2. The number of carbonyl (C=O) groups excluding carboxylic acids is 1. The number of H-pyrrole nitrogens is 1. The van der Waals surface area contributed by atoms with E-state index in [9.17, 15) is 4.79 Å². The highest BCUT2D eigenvalue weighted by Gasteiger charge is 2.30. The molecule has 5 heteroatoms. The molecule has 1 saturated heterocycles. The molecule has 0 aliphatic carbocycles. The molecule has 0 spiro atoms. The summed E-state index contributed by atoms with van der Waals surface area (Å²) in [6.45, 7) is 7.47. The number of esters is 1. The van der Waals surface area contributed by atoms with E-state index in [1.807, 2.05) is 39.2 Å². The first-order valence-corrected chi connectivity index (χ1v) is 7.31. The van der Waals surface area contributed by atoms with E-state index in [2.05, 4.69) is 20.9 Å². The molecule has 2 aromatic heterocycles. The number of nitrogens with zero attached hydrogens (tertiary/aromatic N) is 2. The quantitative estimate of drug-likeness (QED) is 0.882. The summed E-state index contributed by atoms with van der Waals surface area (Å²) in [7, 11) is 0. The smallest absolute Gasteiger partial charge is 0.306 e. The Balaban J connectivity index is 1.54. The molecule has 0 radical (unpaired) electrons. The van der Waals surface area contributed by atoms with Crippen LogP contribution in [0.2, 0.25) is 0 Å². The Morgan fingerprint density at radius 3 is 2.95 bits per heavy atom. The van der Waals surface area contributed by atoms with E-state index in [0.717, 1.165) is 29.8 Å². The Bertz CT molecular complexity index is 651. The Kier molecular flexibility index (Phi) is 3.35. The minimum absolute atomic E-state index is 0.105. The summed E-state index contributed by atoms with van der Waals surface area (Å²) in [5, 5.41) is 1.11. The van der Waals surface area contributed by atoms with Gasteiger partial charge in [0.15, 0.2) is 0 Å². The van der Waals surface area contributed by atoms with Crippen LogP contribution in [0.4, 0.5) is 5.69 Å². The number of anilines is 1. The van der Waals surface area contributed by atoms with Gasteiger partial charge in [-0.25, -0.2) is 4.98 Å². The lowest BCUT2D eigenvalue weighted by molar-refractivity contribution is -0.156. The summed E-state index contributed by atoms with van der Waals surface area (Å²) in [6.07, 6.45) is 4.26. The van der Waals surface area contributed by atoms with Crippen molar-refractivity contribution in [2.24, 2.45) is 5.92 Å². The molecule has 0 unspecified atom stereocenters. The van der Waals surface area contributed by atoms with Crippen molar-refractivity contribution in [1.29, 1.82) is 0 Å². The Labute approximate surface area is 124 Å². The van der Waals surface area contributed by atoms with Crippen LogP contribution in [0, 0.1) is 5.92 Å². The average molecular weight is 287 g/mol. The zero-order valence-corrected chi connectivity index (χ0v) is 12.7. The van der Waals surface area contributed by atoms with Gasteiger partial charge in [-0.3, -0.25) is 4.79 Å². The molecule has 0 saturated carbocycles. The van der Waals surface area contributed by atoms with E-state index in [-0.39, 0.29) is 5.97 Å². The van der Waals surface area contributed by atoms with Gasteiger partial charge in [-0.15, -0.1) is 0 Å². The molecule has 112 valence electrons. The Morgan fingerprint density at radius 1 is 1.48 bits per heavy atom. The second-order valence-corrected chi connectivity index (χ2v) is 6.67. The maximum Gasteiger partial charge on any atom is 0.306 e. The average Bonchev–Trinajstić information content (AvgIpc) is 2.77. The van der Waals surface area contributed by atoms with Crippen molar-refractivity contribution in [2.45, 2.75) is 32.8 Å². The highest BCUT2D eigenvalue weighted by molar-refractivity contribution is 5.79. The minimum atomic E-state index is -0.399. The van der Waals surface area contributed by atoms with Crippen molar-refractivity contribution in [3.05, 3.63) is 24.5 Å². The molecule has 0 atom stereocenters. The van der Waals surface area contributed by atoms with Crippen LogP contribution in [0.3, 0.4) is 0 Å². The van der Waals surface area contributed by atoms with Crippen LogP contribution >= 0.6 is 0 Å². The Hall–Kier alpha value is -2.04. The number of rotatable bonds is 3. The maximum absolute atomic E-state index is 11.8. The van der Waals surface area contributed by atoms with Crippen LogP contribution in [0.25, 0.3) is 11.0 Å². The minimum Gasteiger partial charge on any atom is -0.460 e. The fourth-order valence-electron chi connectivity index (χ4n) is 2.63. The number of hydrogen-bond acceptors (Lipinski definition) is 4. The topological polar surface area (TPSA) is 58.2 Å². The number of aromatic amines is 1. The molecule has 5 nitrogen and oxygen atoms in total. The number of fused-ring (bicyclic) bond motifs is 1. The first-order chi connectivity index (χ1) is 9.90. The highest BCUT2D eigenvalue weighted by atomic mass is 16.6. The van der Waals surface area contributed by atoms with Gasteiger partial charge in [0.05, 0.1) is 18.3 Å². The predicted octanol–water partition coefficient (Wildman–Crippen LogP) is 2.73. The van der Waals surface area contributed by atoms with Gasteiger partial charge in [-0.1, -0.05) is 0 Å². The normalized spacial score (nSPS) is 16.0. The number of carbonyl (C=O) groups is 1. The van der Waals surface area contributed by atoms with Gasteiger partial charge in [0.2, 0.25) is 0 Å². The van der Waals surface area contributed by atoms with E-state index in [4.69, 9.17) is 4.74 Å². The first-order valence-electron chi connectivity index (χ1n) is 7.31. The monoisotopic (exact) mass is 287 g/mol. The lowest BCUT2D eigenvalue weighted by Crippen LogP contribution is -2.48. The number of pyridine rings is 1. The van der Waals surface area contributed by atoms with Gasteiger partial charge < -0.3 is 14.6 Å². The third-order valence-electron chi connectivity index (χ3n) is 3.58. The summed E-state index contributed by atoms with van der Waals surface area (Å²) in [6, 6.07) is 4.15. The summed E-state index contributed by atoms with van der Waals surface area (Å²) in [5.41, 5.74) is 1.62. The predicted molar refractivity (Wildman–Crippen MR) is 82.3 cm³/mol. The van der Waals surface area contributed by atoms with Crippen LogP contribution < -0.4 is 4.90 Å². The van der Waals surface area contributed by atoms with Crippen molar-refractivity contribution in [3.63, 3.8) is 0 Å². The van der Waals surface area contributed by atoms with Crippen LogP contribution in [-0.4, -0.2) is 34.6 Å². The SMILES string of the molecule is CC(C)(C)OC(=O)CC1CN(c2cnc3[nH]ccc3c2)C1. The van der Waals surface area contributed by atoms with Crippen molar-refractivity contribution in [2.75, 3.05) is 18.0 Å². The van der Waals surface area contributed by atoms with Crippen LogP contribution in [0.1, 0.15) is 27.2 Å². The number of hydrogen-bond donors (Lipinski definition) is 1. The molecular weight excluding hydrogens is 266 g/mol. The van der Waals surface area contributed by atoms with Crippen molar-refractivity contribution >= 4 is 22.7 Å². The molecule has 3 heterocycles. The van der Waals surface area contributed by atoms with Gasteiger partial charge in [0, 0.05) is 30.6 Å². The summed E-state index contributed by atoms with van der Waals surface area (Å²) >= 11 is 0. The van der Waals surface area contributed by atoms with Gasteiger partial charge in [-0.05, 0) is 32.9 Å². The fourth-order valence-corrected chi connectivity index (χ4v) is 2.63.